The maximum atomic E-state index is 12.0. The minimum atomic E-state index is -0.472. The average molecular weight is 320 g/mol. The van der Waals surface area contributed by atoms with Gasteiger partial charge in [-0.15, -0.1) is 0 Å². The third-order valence-electron chi connectivity index (χ3n) is 3.77. The number of carbonyl (C=O) groups excluding carboxylic acids is 1. The molecule has 1 amide bonds. The highest BCUT2D eigenvalue weighted by molar-refractivity contribution is 5.68. The van der Waals surface area contributed by atoms with Crippen LogP contribution in [0.15, 0.2) is 18.2 Å². The van der Waals surface area contributed by atoms with Gasteiger partial charge in [0, 0.05) is 18.3 Å². The largest absolute Gasteiger partial charge is 0.444 e. The number of hydrogen-bond acceptors (Lipinski definition) is 3. The molecule has 1 atom stereocenters. The highest BCUT2D eigenvalue weighted by Crippen LogP contribution is 2.18. The summed E-state index contributed by atoms with van der Waals surface area (Å²) in [5.74, 6) is 0. The Balaban J connectivity index is 2.63. The Morgan fingerprint density at radius 3 is 2.57 bits per heavy atom. The van der Waals surface area contributed by atoms with Crippen LogP contribution in [0.1, 0.15) is 58.1 Å². The molecule has 0 heterocycles. The van der Waals surface area contributed by atoms with Gasteiger partial charge in [-0.2, -0.15) is 0 Å². The zero-order valence-electron chi connectivity index (χ0n) is 15.5. The van der Waals surface area contributed by atoms with Gasteiger partial charge >= 0.3 is 6.09 Å². The molecule has 4 nitrogen and oxygen atoms in total. The quantitative estimate of drug-likeness (QED) is 0.759. The van der Waals surface area contributed by atoms with Crippen molar-refractivity contribution < 1.29 is 9.53 Å². The van der Waals surface area contributed by atoms with Crippen molar-refractivity contribution in [1.82, 2.24) is 5.32 Å². The summed E-state index contributed by atoms with van der Waals surface area (Å²) in [7, 11) is 0. The SMILES string of the molecule is CCCC[C@@H](CNc1cccc(C)c1C)NC(=O)OC(C)(C)C. The van der Waals surface area contributed by atoms with E-state index < -0.39 is 5.60 Å². The van der Waals surface area contributed by atoms with Crippen molar-refractivity contribution in [2.24, 2.45) is 0 Å². The summed E-state index contributed by atoms with van der Waals surface area (Å²) in [5, 5.41) is 6.45. The topological polar surface area (TPSA) is 50.4 Å². The molecule has 1 aromatic rings. The molecule has 0 fully saturated rings. The molecule has 0 saturated carbocycles. The zero-order chi connectivity index (χ0) is 17.5. The molecule has 23 heavy (non-hydrogen) atoms. The van der Waals surface area contributed by atoms with E-state index in [1.165, 1.54) is 11.1 Å². The Morgan fingerprint density at radius 1 is 1.26 bits per heavy atom. The van der Waals surface area contributed by atoms with Crippen molar-refractivity contribution in [2.75, 3.05) is 11.9 Å². The Labute approximate surface area is 141 Å². The first-order valence-electron chi connectivity index (χ1n) is 8.52. The smallest absolute Gasteiger partial charge is 0.407 e. The molecule has 0 aliphatic heterocycles. The number of nitrogens with one attached hydrogen (secondary N) is 2. The van der Waals surface area contributed by atoms with Crippen molar-refractivity contribution in [3.8, 4) is 0 Å². The van der Waals surface area contributed by atoms with Gasteiger partial charge in [0.2, 0.25) is 0 Å². The number of anilines is 1. The standard InChI is InChI=1S/C19H32N2O2/c1-7-8-11-16(21-18(22)23-19(4,5)6)13-20-17-12-9-10-14(2)15(17)3/h9-10,12,16,20H,7-8,11,13H2,1-6H3,(H,21,22)/t16-/m0/s1. The van der Waals surface area contributed by atoms with Gasteiger partial charge in [-0.3, -0.25) is 0 Å². The number of hydrogen-bond donors (Lipinski definition) is 2. The van der Waals surface area contributed by atoms with Gasteiger partial charge in [0.05, 0.1) is 0 Å². The molecule has 0 radical (unpaired) electrons. The lowest BCUT2D eigenvalue weighted by Crippen LogP contribution is -2.42. The first kappa shape index (κ1) is 19.3. The summed E-state index contributed by atoms with van der Waals surface area (Å²) in [6.07, 6.45) is 2.78. The number of unbranched alkanes of at least 4 members (excludes halogenated alkanes) is 1. The number of amides is 1. The predicted molar refractivity (Wildman–Crippen MR) is 97.1 cm³/mol. The van der Waals surface area contributed by atoms with Gasteiger partial charge in [0.25, 0.3) is 0 Å². The molecule has 130 valence electrons. The number of aryl methyl sites for hydroxylation is 1. The normalized spacial score (nSPS) is 12.6. The maximum Gasteiger partial charge on any atom is 0.407 e. The van der Waals surface area contributed by atoms with E-state index in [2.05, 4.69) is 43.5 Å². The number of alkyl carbamates (subject to hydrolysis) is 1. The summed E-state index contributed by atoms with van der Waals surface area (Å²) >= 11 is 0. The van der Waals surface area contributed by atoms with E-state index >= 15 is 0 Å². The van der Waals surface area contributed by atoms with Gasteiger partial charge < -0.3 is 15.4 Å². The summed E-state index contributed by atoms with van der Waals surface area (Å²) < 4.78 is 5.37. The molecule has 0 aliphatic carbocycles. The van der Waals surface area contributed by atoms with Crippen LogP contribution in [0.25, 0.3) is 0 Å². The minimum absolute atomic E-state index is 0.0599. The van der Waals surface area contributed by atoms with Crippen molar-refractivity contribution in [2.45, 2.75) is 72.4 Å². The molecule has 4 heteroatoms. The van der Waals surface area contributed by atoms with Crippen LogP contribution in [-0.2, 0) is 4.74 Å². The number of rotatable bonds is 7. The van der Waals surface area contributed by atoms with Gasteiger partial charge in [-0.05, 0) is 58.2 Å². The van der Waals surface area contributed by atoms with Crippen LogP contribution in [0.4, 0.5) is 10.5 Å². The zero-order valence-corrected chi connectivity index (χ0v) is 15.5. The van der Waals surface area contributed by atoms with Crippen molar-refractivity contribution in [3.05, 3.63) is 29.3 Å². The van der Waals surface area contributed by atoms with E-state index in [0.717, 1.165) is 24.9 Å². The van der Waals surface area contributed by atoms with Crippen LogP contribution in [0.5, 0.6) is 0 Å². The monoisotopic (exact) mass is 320 g/mol. The Bertz CT molecular complexity index is 507. The highest BCUT2D eigenvalue weighted by atomic mass is 16.6. The number of ether oxygens (including phenoxy) is 1. The minimum Gasteiger partial charge on any atom is -0.444 e. The predicted octanol–water partition coefficient (Wildman–Crippen LogP) is 4.80. The van der Waals surface area contributed by atoms with E-state index in [0.29, 0.717) is 6.54 Å². The molecule has 0 aromatic heterocycles. The Kier molecular flexibility index (Phi) is 7.40. The van der Waals surface area contributed by atoms with Crippen LogP contribution in [0.3, 0.4) is 0 Å². The Morgan fingerprint density at radius 2 is 1.96 bits per heavy atom. The van der Waals surface area contributed by atoms with E-state index in [-0.39, 0.29) is 12.1 Å². The average Bonchev–Trinajstić information content (AvgIpc) is 2.43. The molecule has 0 bridgehead atoms. The summed E-state index contributed by atoms with van der Waals surface area (Å²) in [6.45, 7) is 12.7. The third kappa shape index (κ3) is 7.40. The molecule has 0 unspecified atom stereocenters. The fraction of sp³-hybridized carbons (Fsp3) is 0.632. The molecule has 1 rings (SSSR count). The van der Waals surface area contributed by atoms with E-state index in [1.807, 2.05) is 26.8 Å². The molecular weight excluding hydrogens is 288 g/mol. The Hall–Kier alpha value is -1.71. The molecule has 2 N–H and O–H groups in total. The first-order chi connectivity index (χ1) is 10.7. The van der Waals surface area contributed by atoms with Crippen LogP contribution < -0.4 is 10.6 Å². The lowest BCUT2D eigenvalue weighted by atomic mass is 10.1. The summed E-state index contributed by atoms with van der Waals surface area (Å²) in [5.41, 5.74) is 3.16. The van der Waals surface area contributed by atoms with Crippen LogP contribution in [0.2, 0.25) is 0 Å². The molecule has 1 aromatic carbocycles. The van der Waals surface area contributed by atoms with Crippen molar-refractivity contribution in [3.63, 3.8) is 0 Å². The van der Waals surface area contributed by atoms with Gasteiger partial charge in [0.1, 0.15) is 5.60 Å². The molecular formula is C19H32N2O2. The lowest BCUT2D eigenvalue weighted by molar-refractivity contribution is 0.0504. The fourth-order valence-corrected chi connectivity index (χ4v) is 2.33. The van der Waals surface area contributed by atoms with Gasteiger partial charge in [-0.1, -0.05) is 31.9 Å². The lowest BCUT2D eigenvalue weighted by Gasteiger charge is -2.24. The van der Waals surface area contributed by atoms with Crippen molar-refractivity contribution >= 4 is 11.8 Å². The molecule has 0 saturated heterocycles. The van der Waals surface area contributed by atoms with Crippen LogP contribution in [-0.4, -0.2) is 24.3 Å². The van der Waals surface area contributed by atoms with E-state index in [4.69, 9.17) is 4.74 Å². The third-order valence-corrected chi connectivity index (χ3v) is 3.77. The molecule has 0 aliphatic rings. The number of benzene rings is 1. The molecule has 0 spiro atoms. The highest BCUT2D eigenvalue weighted by Gasteiger charge is 2.19. The van der Waals surface area contributed by atoms with Crippen molar-refractivity contribution in [1.29, 1.82) is 0 Å². The second kappa shape index (κ2) is 8.80. The maximum absolute atomic E-state index is 12.0. The number of carbonyl (C=O) groups is 1. The van der Waals surface area contributed by atoms with E-state index in [1.54, 1.807) is 0 Å². The van der Waals surface area contributed by atoms with Gasteiger partial charge in [-0.25, -0.2) is 4.79 Å². The van der Waals surface area contributed by atoms with Crippen LogP contribution >= 0.6 is 0 Å². The second-order valence-electron chi connectivity index (χ2n) is 7.11. The van der Waals surface area contributed by atoms with Gasteiger partial charge in [0.15, 0.2) is 0 Å². The summed E-state index contributed by atoms with van der Waals surface area (Å²) in [6, 6.07) is 6.29. The summed E-state index contributed by atoms with van der Waals surface area (Å²) in [4.78, 5) is 12.0. The fourth-order valence-electron chi connectivity index (χ4n) is 2.33. The second-order valence-corrected chi connectivity index (χ2v) is 7.11. The van der Waals surface area contributed by atoms with E-state index in [9.17, 15) is 4.79 Å². The first-order valence-corrected chi connectivity index (χ1v) is 8.52. The van der Waals surface area contributed by atoms with Crippen LogP contribution in [0, 0.1) is 13.8 Å².